The molecule has 0 aliphatic rings. The number of phenolic OH excluding ortho intramolecular Hbond substituents is 1. The number of nitro benzene ring substituents is 1. The zero-order chi connectivity index (χ0) is 24.1. The SMILES string of the molecule is O=C(N/N=C/c1ccc(O)c([N+](=O)[O-])c1)c1c(-c2ccccc2)c(-c2ccccc2)n[nH]c1=O. The van der Waals surface area contributed by atoms with Crippen LogP contribution in [0.3, 0.4) is 0 Å². The van der Waals surface area contributed by atoms with Crippen LogP contribution >= 0.6 is 0 Å². The average molecular weight is 455 g/mol. The molecule has 168 valence electrons. The van der Waals surface area contributed by atoms with Crippen molar-refractivity contribution in [1.82, 2.24) is 15.6 Å². The highest BCUT2D eigenvalue weighted by atomic mass is 16.6. The molecule has 4 aromatic rings. The summed E-state index contributed by atoms with van der Waals surface area (Å²) in [7, 11) is 0. The third kappa shape index (κ3) is 4.55. The number of phenols is 1. The van der Waals surface area contributed by atoms with E-state index in [1.807, 2.05) is 36.4 Å². The number of amides is 1. The summed E-state index contributed by atoms with van der Waals surface area (Å²) in [6, 6.07) is 21.6. The number of hydrogen-bond acceptors (Lipinski definition) is 7. The molecule has 0 aliphatic heterocycles. The molecule has 0 aliphatic carbocycles. The van der Waals surface area contributed by atoms with Crippen molar-refractivity contribution in [3.8, 4) is 28.1 Å². The molecule has 0 bridgehead atoms. The summed E-state index contributed by atoms with van der Waals surface area (Å²) in [5.74, 6) is -1.28. The van der Waals surface area contributed by atoms with E-state index in [2.05, 4.69) is 20.7 Å². The molecule has 0 atom stereocenters. The van der Waals surface area contributed by atoms with Crippen LogP contribution in [0.5, 0.6) is 5.75 Å². The fraction of sp³-hybridized carbons (Fsp3) is 0. The molecule has 0 unspecified atom stereocenters. The number of rotatable bonds is 6. The molecule has 0 radical (unpaired) electrons. The zero-order valence-corrected chi connectivity index (χ0v) is 17.5. The fourth-order valence-electron chi connectivity index (χ4n) is 3.35. The fourth-order valence-corrected chi connectivity index (χ4v) is 3.35. The van der Waals surface area contributed by atoms with Gasteiger partial charge in [-0.3, -0.25) is 19.7 Å². The van der Waals surface area contributed by atoms with Crippen LogP contribution in [0, 0.1) is 10.1 Å². The lowest BCUT2D eigenvalue weighted by atomic mass is 9.95. The van der Waals surface area contributed by atoms with Crippen LogP contribution in [0.2, 0.25) is 0 Å². The average Bonchev–Trinajstić information content (AvgIpc) is 2.85. The number of carbonyl (C=O) groups is 1. The first kappa shape index (κ1) is 22.1. The van der Waals surface area contributed by atoms with Crippen molar-refractivity contribution in [3.63, 3.8) is 0 Å². The molecule has 34 heavy (non-hydrogen) atoms. The van der Waals surface area contributed by atoms with Gasteiger partial charge in [0, 0.05) is 22.8 Å². The Kier molecular flexibility index (Phi) is 6.22. The van der Waals surface area contributed by atoms with E-state index in [-0.39, 0.29) is 11.1 Å². The summed E-state index contributed by atoms with van der Waals surface area (Å²) in [4.78, 5) is 36.0. The molecule has 10 heteroatoms. The number of nitro groups is 1. The van der Waals surface area contributed by atoms with E-state index in [0.717, 1.165) is 12.1 Å². The molecule has 0 fully saturated rings. The quantitative estimate of drug-likeness (QED) is 0.230. The van der Waals surface area contributed by atoms with E-state index in [9.17, 15) is 24.8 Å². The van der Waals surface area contributed by atoms with Gasteiger partial charge in [-0.05, 0) is 17.7 Å². The minimum atomic E-state index is -0.788. The lowest BCUT2D eigenvalue weighted by molar-refractivity contribution is -0.385. The normalized spacial score (nSPS) is 10.8. The number of nitrogens with one attached hydrogen (secondary N) is 2. The first-order valence-corrected chi connectivity index (χ1v) is 10.00. The Labute approximate surface area is 192 Å². The van der Waals surface area contributed by atoms with Crippen molar-refractivity contribution in [3.05, 3.63) is 110 Å². The largest absolute Gasteiger partial charge is 0.502 e. The van der Waals surface area contributed by atoms with Crippen molar-refractivity contribution < 1.29 is 14.8 Å². The lowest BCUT2D eigenvalue weighted by Crippen LogP contribution is -2.28. The van der Waals surface area contributed by atoms with E-state index in [4.69, 9.17) is 0 Å². The van der Waals surface area contributed by atoms with Gasteiger partial charge >= 0.3 is 5.69 Å². The van der Waals surface area contributed by atoms with E-state index < -0.39 is 27.8 Å². The van der Waals surface area contributed by atoms with E-state index in [0.29, 0.717) is 22.4 Å². The third-order valence-corrected chi connectivity index (χ3v) is 4.90. The topological polar surface area (TPSA) is 151 Å². The summed E-state index contributed by atoms with van der Waals surface area (Å²) in [5.41, 5.74) is 3.23. The van der Waals surface area contributed by atoms with E-state index in [1.54, 1.807) is 24.3 Å². The molecule has 0 spiro atoms. The second-order valence-electron chi connectivity index (χ2n) is 7.09. The standard InChI is InChI=1S/C24H17N5O5/c30-19-12-11-15(13-18(19)29(33)34)14-25-27-23(31)21-20(16-7-3-1-4-8-16)22(26-28-24(21)32)17-9-5-2-6-10-17/h1-14,30H,(H,27,31)(H,28,32)/b25-14+. The molecule has 3 N–H and O–H groups in total. The molecular formula is C24H17N5O5. The van der Waals surface area contributed by atoms with Gasteiger partial charge in [-0.2, -0.15) is 10.2 Å². The van der Waals surface area contributed by atoms with Gasteiger partial charge in [-0.25, -0.2) is 10.5 Å². The summed E-state index contributed by atoms with van der Waals surface area (Å²) >= 11 is 0. The molecule has 0 saturated heterocycles. The number of carbonyl (C=O) groups excluding carboxylic acids is 1. The number of H-pyrrole nitrogens is 1. The van der Waals surface area contributed by atoms with Gasteiger partial charge in [-0.15, -0.1) is 0 Å². The number of benzene rings is 3. The van der Waals surface area contributed by atoms with Gasteiger partial charge in [0.25, 0.3) is 11.5 Å². The van der Waals surface area contributed by atoms with Crippen molar-refractivity contribution in [2.75, 3.05) is 0 Å². The minimum absolute atomic E-state index is 0.186. The van der Waals surface area contributed by atoms with Crippen LogP contribution in [0.4, 0.5) is 5.69 Å². The summed E-state index contributed by atoms with van der Waals surface area (Å²) in [6.07, 6.45) is 1.17. The maximum Gasteiger partial charge on any atom is 0.311 e. The minimum Gasteiger partial charge on any atom is -0.502 e. The highest BCUT2D eigenvalue weighted by Crippen LogP contribution is 2.31. The van der Waals surface area contributed by atoms with Crippen LogP contribution in [-0.2, 0) is 0 Å². The van der Waals surface area contributed by atoms with Crippen LogP contribution in [0.15, 0.2) is 88.8 Å². The molecule has 4 rings (SSSR count). The Morgan fingerprint density at radius 3 is 2.32 bits per heavy atom. The third-order valence-electron chi connectivity index (χ3n) is 4.90. The first-order valence-electron chi connectivity index (χ1n) is 10.00. The van der Waals surface area contributed by atoms with Crippen LogP contribution < -0.4 is 11.0 Å². The van der Waals surface area contributed by atoms with Gasteiger partial charge < -0.3 is 5.11 Å². The monoisotopic (exact) mass is 455 g/mol. The van der Waals surface area contributed by atoms with Crippen molar-refractivity contribution in [2.24, 2.45) is 5.10 Å². The lowest BCUT2D eigenvalue weighted by Gasteiger charge is -2.12. The maximum atomic E-state index is 13.0. The molecule has 1 amide bonds. The maximum absolute atomic E-state index is 13.0. The smallest absolute Gasteiger partial charge is 0.311 e. The highest BCUT2D eigenvalue weighted by Gasteiger charge is 2.22. The first-order chi connectivity index (χ1) is 16.5. The number of aromatic hydroxyl groups is 1. The zero-order valence-electron chi connectivity index (χ0n) is 17.5. The number of aromatic nitrogens is 2. The Bertz CT molecular complexity index is 1450. The van der Waals surface area contributed by atoms with Gasteiger partial charge in [-0.1, -0.05) is 60.7 Å². The summed E-state index contributed by atoms with van der Waals surface area (Å²) < 4.78 is 0. The van der Waals surface area contributed by atoms with Gasteiger partial charge in [0.1, 0.15) is 5.56 Å². The van der Waals surface area contributed by atoms with Crippen LogP contribution in [0.1, 0.15) is 15.9 Å². The second kappa shape index (κ2) is 9.57. The second-order valence-corrected chi connectivity index (χ2v) is 7.09. The molecule has 3 aromatic carbocycles. The Balaban J connectivity index is 1.73. The molecule has 0 saturated carbocycles. The number of hydrazone groups is 1. The number of nitrogens with zero attached hydrogens (tertiary/aromatic N) is 3. The van der Waals surface area contributed by atoms with E-state index >= 15 is 0 Å². The highest BCUT2D eigenvalue weighted by molar-refractivity contribution is 6.03. The van der Waals surface area contributed by atoms with Crippen LogP contribution in [0.25, 0.3) is 22.4 Å². The summed E-state index contributed by atoms with van der Waals surface area (Å²) in [6.45, 7) is 0. The Morgan fingerprint density at radius 2 is 1.68 bits per heavy atom. The van der Waals surface area contributed by atoms with Crippen LogP contribution in [-0.4, -0.2) is 32.3 Å². The van der Waals surface area contributed by atoms with Crippen molar-refractivity contribution in [1.29, 1.82) is 0 Å². The van der Waals surface area contributed by atoms with Gasteiger partial charge in [0.2, 0.25) is 0 Å². The Hall–Kier alpha value is -5.12. The molecular weight excluding hydrogens is 438 g/mol. The Morgan fingerprint density at radius 1 is 1.03 bits per heavy atom. The number of aromatic amines is 1. The predicted molar refractivity (Wildman–Crippen MR) is 126 cm³/mol. The molecule has 1 heterocycles. The van der Waals surface area contributed by atoms with Crippen molar-refractivity contribution in [2.45, 2.75) is 0 Å². The number of hydrogen-bond donors (Lipinski definition) is 3. The predicted octanol–water partition coefficient (Wildman–Crippen LogP) is 3.48. The van der Waals surface area contributed by atoms with Crippen molar-refractivity contribution >= 4 is 17.8 Å². The van der Waals surface area contributed by atoms with Gasteiger partial charge in [0.05, 0.1) is 16.8 Å². The van der Waals surface area contributed by atoms with E-state index in [1.165, 1.54) is 12.3 Å². The molecule has 1 aromatic heterocycles. The van der Waals surface area contributed by atoms with Gasteiger partial charge in [0.15, 0.2) is 5.75 Å². The molecule has 10 nitrogen and oxygen atoms in total. The summed E-state index contributed by atoms with van der Waals surface area (Å²) in [5, 5.41) is 30.9.